The number of carboxylic acids is 1. The Balaban J connectivity index is 1.67. The molecule has 1 aliphatic rings. The Bertz CT molecular complexity index is 1190. The number of hydrogen-bond acceptors (Lipinski definition) is 4. The molecule has 0 aliphatic carbocycles. The molecular formula is C28H28Cl2N2O3. The van der Waals surface area contributed by atoms with Gasteiger partial charge in [-0.1, -0.05) is 53.5 Å². The third-order valence-corrected chi connectivity index (χ3v) is 7.59. The molecule has 2 N–H and O–H groups in total. The van der Waals surface area contributed by atoms with Crippen LogP contribution in [-0.2, 0) is 15.0 Å². The summed E-state index contributed by atoms with van der Waals surface area (Å²) in [7, 11) is 0. The zero-order valence-corrected chi connectivity index (χ0v) is 21.0. The Morgan fingerprint density at radius 3 is 2.46 bits per heavy atom. The van der Waals surface area contributed by atoms with Crippen molar-refractivity contribution >= 4 is 35.0 Å². The minimum absolute atomic E-state index is 0.0243. The molecule has 2 aromatic carbocycles. The number of aliphatic carboxylic acids is 1. The van der Waals surface area contributed by atoms with Crippen LogP contribution in [0.25, 0.3) is 0 Å². The van der Waals surface area contributed by atoms with Gasteiger partial charge in [0.25, 0.3) is 0 Å². The lowest BCUT2D eigenvalue weighted by molar-refractivity contribution is -0.138. The number of pyridine rings is 1. The van der Waals surface area contributed by atoms with Crippen LogP contribution < -0.4 is 5.32 Å². The van der Waals surface area contributed by atoms with Crippen LogP contribution in [0.4, 0.5) is 0 Å². The summed E-state index contributed by atoms with van der Waals surface area (Å²) >= 11 is 12.4. The third kappa shape index (κ3) is 5.75. The van der Waals surface area contributed by atoms with E-state index in [0.717, 1.165) is 16.7 Å². The largest absolute Gasteiger partial charge is 0.481 e. The number of aromatic nitrogens is 1. The minimum Gasteiger partial charge on any atom is -0.481 e. The van der Waals surface area contributed by atoms with Crippen LogP contribution in [0.5, 0.6) is 0 Å². The second-order valence-electron chi connectivity index (χ2n) is 9.38. The van der Waals surface area contributed by atoms with Crippen molar-refractivity contribution in [2.45, 2.75) is 43.6 Å². The molecule has 1 fully saturated rings. The van der Waals surface area contributed by atoms with E-state index in [1.165, 1.54) is 0 Å². The van der Waals surface area contributed by atoms with E-state index >= 15 is 0 Å². The van der Waals surface area contributed by atoms with Crippen LogP contribution in [-0.4, -0.2) is 34.4 Å². The van der Waals surface area contributed by atoms with E-state index < -0.39 is 11.4 Å². The van der Waals surface area contributed by atoms with Gasteiger partial charge in [-0.3, -0.25) is 14.6 Å². The van der Waals surface area contributed by atoms with Gasteiger partial charge in [0.1, 0.15) is 5.78 Å². The maximum absolute atomic E-state index is 14.1. The topological polar surface area (TPSA) is 79.3 Å². The maximum Gasteiger partial charge on any atom is 0.303 e. The molecule has 0 radical (unpaired) electrons. The van der Waals surface area contributed by atoms with Crippen molar-refractivity contribution < 1.29 is 14.7 Å². The van der Waals surface area contributed by atoms with E-state index in [9.17, 15) is 14.7 Å². The van der Waals surface area contributed by atoms with E-state index in [4.69, 9.17) is 23.2 Å². The van der Waals surface area contributed by atoms with Gasteiger partial charge >= 0.3 is 5.97 Å². The number of halogens is 2. The standard InChI is InChI=1S/C28H28Cl2N2O3/c1-28(21-5-3-11-31-17-21,20-7-9-22(29)10-8-20)26(33)15-25-24(19-4-2-6-23(30)14-19)12-18(16-32-25)13-27(34)35/h2-11,14,17-18,24-25,32H,12-13,15-16H2,1H3,(H,34,35)/t18-,24-,25+,28+/m1/s1. The highest BCUT2D eigenvalue weighted by Crippen LogP contribution is 2.39. The van der Waals surface area contributed by atoms with Gasteiger partial charge in [-0.15, -0.1) is 0 Å². The molecule has 1 saturated heterocycles. The first-order chi connectivity index (χ1) is 16.8. The van der Waals surface area contributed by atoms with Crippen LogP contribution in [0.15, 0.2) is 73.1 Å². The number of piperidine rings is 1. The van der Waals surface area contributed by atoms with E-state index in [-0.39, 0.29) is 36.5 Å². The summed E-state index contributed by atoms with van der Waals surface area (Å²) in [6, 6.07) is 18.6. The molecule has 4 rings (SSSR count). The molecule has 0 spiro atoms. The summed E-state index contributed by atoms with van der Waals surface area (Å²) in [4.78, 5) is 29.7. The summed E-state index contributed by atoms with van der Waals surface area (Å²) < 4.78 is 0. The lowest BCUT2D eigenvalue weighted by Gasteiger charge is -2.39. The Morgan fingerprint density at radius 1 is 1.03 bits per heavy atom. The fourth-order valence-electron chi connectivity index (χ4n) is 5.12. The summed E-state index contributed by atoms with van der Waals surface area (Å²) in [5, 5.41) is 14.1. The Labute approximate surface area is 215 Å². The Kier molecular flexibility index (Phi) is 7.90. The summed E-state index contributed by atoms with van der Waals surface area (Å²) in [5.74, 6) is -0.833. The van der Waals surface area contributed by atoms with Crippen LogP contribution in [0.2, 0.25) is 10.0 Å². The lowest BCUT2D eigenvalue weighted by atomic mass is 9.69. The number of rotatable bonds is 8. The second-order valence-corrected chi connectivity index (χ2v) is 10.2. The van der Waals surface area contributed by atoms with Crippen molar-refractivity contribution in [3.05, 3.63) is 99.8 Å². The molecule has 2 heterocycles. The quantitative estimate of drug-likeness (QED) is 0.394. The number of carbonyl (C=O) groups is 2. The summed E-state index contributed by atoms with van der Waals surface area (Å²) in [6.07, 6.45) is 4.45. The Morgan fingerprint density at radius 2 is 1.80 bits per heavy atom. The number of Topliss-reactive ketones (excluding diaryl/α,β-unsaturated/α-hetero) is 1. The molecule has 182 valence electrons. The average Bonchev–Trinajstić information content (AvgIpc) is 2.85. The zero-order chi connectivity index (χ0) is 25.0. The molecule has 7 heteroatoms. The molecular weight excluding hydrogens is 483 g/mol. The molecule has 4 atom stereocenters. The minimum atomic E-state index is -0.919. The van der Waals surface area contributed by atoms with Gasteiger partial charge in [0, 0.05) is 47.2 Å². The highest BCUT2D eigenvalue weighted by Gasteiger charge is 2.41. The predicted molar refractivity (Wildman–Crippen MR) is 138 cm³/mol. The van der Waals surface area contributed by atoms with Crippen LogP contribution in [0.3, 0.4) is 0 Å². The van der Waals surface area contributed by atoms with Crippen LogP contribution >= 0.6 is 23.2 Å². The monoisotopic (exact) mass is 510 g/mol. The molecule has 3 aromatic rings. The molecule has 0 saturated carbocycles. The van der Waals surface area contributed by atoms with Gasteiger partial charge < -0.3 is 10.4 Å². The van der Waals surface area contributed by atoms with Crippen molar-refractivity contribution in [3.8, 4) is 0 Å². The first-order valence-corrected chi connectivity index (χ1v) is 12.4. The van der Waals surface area contributed by atoms with E-state index in [1.807, 2.05) is 55.5 Å². The van der Waals surface area contributed by atoms with Gasteiger partial charge in [-0.05, 0) is 72.8 Å². The maximum atomic E-state index is 14.1. The molecule has 1 aromatic heterocycles. The van der Waals surface area contributed by atoms with Crippen molar-refractivity contribution in [1.29, 1.82) is 0 Å². The van der Waals surface area contributed by atoms with Gasteiger partial charge in [-0.2, -0.15) is 0 Å². The van der Waals surface area contributed by atoms with Crippen molar-refractivity contribution in [2.75, 3.05) is 6.54 Å². The average molecular weight is 511 g/mol. The number of carbonyl (C=O) groups excluding carboxylic acids is 1. The van der Waals surface area contributed by atoms with E-state index in [1.54, 1.807) is 24.5 Å². The van der Waals surface area contributed by atoms with Gasteiger partial charge in [0.05, 0.1) is 5.41 Å². The number of ketones is 1. The Hall–Kier alpha value is -2.73. The molecule has 0 bridgehead atoms. The molecule has 0 unspecified atom stereocenters. The molecule has 0 amide bonds. The normalized spacial score (nSPS) is 21.7. The van der Waals surface area contributed by atoms with E-state index in [2.05, 4.69) is 10.3 Å². The highest BCUT2D eigenvalue weighted by atomic mass is 35.5. The van der Waals surface area contributed by atoms with Crippen molar-refractivity contribution in [1.82, 2.24) is 10.3 Å². The summed E-state index contributed by atoms with van der Waals surface area (Å²) in [6.45, 7) is 2.48. The first kappa shape index (κ1) is 25.4. The summed E-state index contributed by atoms with van der Waals surface area (Å²) in [5.41, 5.74) is 1.74. The predicted octanol–water partition coefficient (Wildman–Crippen LogP) is 5.89. The van der Waals surface area contributed by atoms with Crippen LogP contribution in [0, 0.1) is 5.92 Å². The number of hydrogen-bond donors (Lipinski definition) is 2. The number of nitrogens with one attached hydrogen (secondary N) is 1. The third-order valence-electron chi connectivity index (χ3n) is 7.11. The second kappa shape index (κ2) is 10.9. The fraction of sp³-hybridized carbons (Fsp3) is 0.321. The van der Waals surface area contributed by atoms with Gasteiger partial charge in [0.2, 0.25) is 0 Å². The van der Waals surface area contributed by atoms with E-state index in [0.29, 0.717) is 23.0 Å². The van der Waals surface area contributed by atoms with Gasteiger partial charge in [-0.25, -0.2) is 0 Å². The van der Waals surface area contributed by atoms with Crippen molar-refractivity contribution in [3.63, 3.8) is 0 Å². The van der Waals surface area contributed by atoms with Crippen molar-refractivity contribution in [2.24, 2.45) is 5.92 Å². The first-order valence-electron chi connectivity index (χ1n) is 11.7. The zero-order valence-electron chi connectivity index (χ0n) is 19.5. The smallest absolute Gasteiger partial charge is 0.303 e. The highest BCUT2D eigenvalue weighted by molar-refractivity contribution is 6.30. The SMILES string of the molecule is C[C@](C(=O)C[C@@H]1NC[C@@H](CC(=O)O)C[C@@H]1c1cccc(Cl)c1)(c1ccc(Cl)cc1)c1cccnc1. The number of carboxylic acid groups (broad SMARTS) is 1. The lowest BCUT2D eigenvalue weighted by Crippen LogP contribution is -2.48. The molecule has 5 nitrogen and oxygen atoms in total. The van der Waals surface area contributed by atoms with Crippen LogP contribution in [0.1, 0.15) is 48.8 Å². The number of nitrogens with zero attached hydrogens (tertiary/aromatic N) is 1. The van der Waals surface area contributed by atoms with Gasteiger partial charge in [0.15, 0.2) is 0 Å². The molecule has 35 heavy (non-hydrogen) atoms. The molecule has 1 aliphatic heterocycles. The fourth-order valence-corrected chi connectivity index (χ4v) is 5.45. The number of benzene rings is 2.